The van der Waals surface area contributed by atoms with Crippen LogP contribution in [0.25, 0.3) is 0 Å². The molecule has 6 N–H and O–H groups in total. The topological polar surface area (TPSA) is 335 Å². The number of benzene rings is 1. The molecule has 3 aliphatic rings. The molecule has 5 unspecified atom stereocenters. The monoisotopic (exact) mass is 915 g/mol. The number of aromatic nitrogens is 2. The van der Waals surface area contributed by atoms with Gasteiger partial charge in [0.1, 0.15) is 12.0 Å². The third-order valence-corrected chi connectivity index (χ3v) is 15.8. The van der Waals surface area contributed by atoms with Crippen molar-refractivity contribution in [1.82, 2.24) is 9.55 Å². The van der Waals surface area contributed by atoms with Gasteiger partial charge in [-0.15, -0.1) is 0 Å². The van der Waals surface area contributed by atoms with Gasteiger partial charge in [-0.25, -0.2) is 32.6 Å². The Morgan fingerprint density at radius 3 is 2.11 bits per heavy atom. The summed E-state index contributed by atoms with van der Waals surface area (Å²) in [6.45, 7) is 3.86. The van der Waals surface area contributed by atoms with Gasteiger partial charge in [-0.05, 0) is 49.6 Å². The van der Waals surface area contributed by atoms with Crippen molar-refractivity contribution < 1.29 is 83.1 Å². The van der Waals surface area contributed by atoms with Crippen LogP contribution in [0.2, 0.25) is 0 Å². The lowest BCUT2D eigenvalue weighted by molar-refractivity contribution is -0.111. The minimum absolute atomic E-state index is 0.106. The highest BCUT2D eigenvalue weighted by atomic mass is 35.5. The quantitative estimate of drug-likeness (QED) is 0.110. The molecule has 3 heterocycles. The predicted molar refractivity (Wildman–Crippen MR) is 188 cm³/mol. The highest BCUT2D eigenvalue weighted by molar-refractivity contribution is 7.71. The summed E-state index contributed by atoms with van der Waals surface area (Å²) in [6, 6.07) is 3.52. The average Bonchev–Trinajstić information content (AvgIpc) is 3.47. The summed E-state index contributed by atoms with van der Waals surface area (Å²) in [4.78, 5) is 92.2. The number of aryl methyl sites for hydroxylation is 1. The largest absolute Gasteiger partial charge is 0.536 e. The Morgan fingerprint density at radius 2 is 1.49 bits per heavy atom. The van der Waals surface area contributed by atoms with E-state index in [0.717, 1.165) is 16.7 Å². The highest BCUT2D eigenvalue weighted by Gasteiger charge is 2.49. The lowest BCUT2D eigenvalue weighted by atomic mass is 9.71. The maximum atomic E-state index is 12.7. The van der Waals surface area contributed by atoms with Crippen molar-refractivity contribution in [3.63, 3.8) is 0 Å². The van der Waals surface area contributed by atoms with E-state index in [1.54, 1.807) is 13.8 Å². The molecule has 2 aromatic rings. The number of rotatable bonds is 14. The number of H-pyrrole nitrogens is 1. The van der Waals surface area contributed by atoms with Gasteiger partial charge in [0.25, 0.3) is 5.56 Å². The molecule has 1 aromatic carbocycles. The van der Waals surface area contributed by atoms with E-state index < -0.39 is 86.2 Å². The molecule has 30 heteroatoms. The summed E-state index contributed by atoms with van der Waals surface area (Å²) in [7, 11) is -30.3. The van der Waals surface area contributed by atoms with E-state index in [2.05, 4.69) is 31.7 Å². The van der Waals surface area contributed by atoms with E-state index in [4.69, 9.17) is 32.5 Å². The van der Waals surface area contributed by atoms with Crippen molar-refractivity contribution in [1.29, 1.82) is 0 Å². The van der Waals surface area contributed by atoms with Crippen molar-refractivity contribution in [2.45, 2.75) is 51.4 Å². The predicted octanol–water partition coefficient (Wildman–Crippen LogP) is 4.75. The molecule has 5 rings (SSSR count). The van der Waals surface area contributed by atoms with Crippen LogP contribution in [0.15, 0.2) is 60.7 Å². The number of carbonyl (C=O) groups is 1. The van der Waals surface area contributed by atoms with Gasteiger partial charge < -0.3 is 28.8 Å². The number of aliphatic imine (C=N–C) groups is 1. The molecule has 1 saturated heterocycles. The molecule has 7 atom stereocenters. The number of nitrogens with one attached hydrogen (secondary N) is 1. The zero-order valence-corrected chi connectivity index (χ0v) is 33.9. The lowest BCUT2D eigenvalue weighted by Gasteiger charge is -2.36. The standard InChI is InChI=1S/C25H28Cl2N3O20P5/c1-12-10-30(24(33)29-23(12)32)19-7-5-14(45-19)11-44-51(34,35)47-53(38,39)49-55(42,43)50-54(40,41)48-52(36,37)46-13-4-6-17-15(8-13)25(2,3)20-18(28-17)9-16(26)22(31)21(20)27/h4,6,8-10,14,19H,5,7,11H2,1-3H3,(H,34,35)(H,36,37)(H,38,39)(H,40,41)(H,42,43)(H,29,32,33)/t14-,19+/m0/s1. The number of carbonyl (C=O) groups excluding carboxylic acids is 1. The Kier molecular flexibility index (Phi) is 12.4. The summed E-state index contributed by atoms with van der Waals surface area (Å²) in [5.41, 5.74) is -1.27. The second-order valence-electron chi connectivity index (χ2n) is 12.1. The number of phosphoric acid groups is 5. The Hall–Kier alpha value is -2.19. The van der Waals surface area contributed by atoms with Crippen LogP contribution in [0.3, 0.4) is 0 Å². The van der Waals surface area contributed by atoms with E-state index in [9.17, 15) is 61.7 Å². The summed E-state index contributed by atoms with van der Waals surface area (Å²) >= 11 is 12.2. The normalized spacial score (nSPS) is 24.9. The van der Waals surface area contributed by atoms with E-state index in [0.29, 0.717) is 0 Å². The zero-order chi connectivity index (χ0) is 41.1. The number of ketones is 1. The SMILES string of the molecule is Cc1cn([C@H]2CC[C@@H](COP(=O)(O)OP(=O)(O)OP(=O)(O)OP(=O)(O)OP(=O)(O)Oc3ccc4c(c3)C(C)(C)C3=C(Cl)C(=O)C(Cl)=CC3=N4)O2)c(=O)[nH]c1=O. The van der Waals surface area contributed by atoms with E-state index in [1.807, 2.05) is 0 Å². The van der Waals surface area contributed by atoms with Gasteiger partial charge in [0.15, 0.2) is 0 Å². The number of phosphoric ester groups is 2. The summed E-state index contributed by atoms with van der Waals surface area (Å²) in [5.74, 6) is -1.18. The van der Waals surface area contributed by atoms with Gasteiger partial charge in [0.05, 0.1) is 34.2 Å². The van der Waals surface area contributed by atoms with E-state index in [1.165, 1.54) is 25.3 Å². The minimum atomic E-state index is -6.35. The van der Waals surface area contributed by atoms with Crippen molar-refractivity contribution in [3.8, 4) is 5.75 Å². The molecule has 0 bridgehead atoms. The number of ether oxygens (including phenoxy) is 1. The van der Waals surface area contributed by atoms with Crippen molar-refractivity contribution in [2.75, 3.05) is 6.61 Å². The van der Waals surface area contributed by atoms with Gasteiger partial charge in [-0.3, -0.25) is 28.6 Å². The number of nitrogens with zero attached hydrogens (tertiary/aromatic N) is 2. The molecular weight excluding hydrogens is 888 g/mol. The van der Waals surface area contributed by atoms with Gasteiger partial charge in [-0.2, -0.15) is 17.2 Å². The van der Waals surface area contributed by atoms with Crippen LogP contribution in [0.5, 0.6) is 5.75 Å². The van der Waals surface area contributed by atoms with Crippen LogP contribution in [-0.2, 0) is 59.5 Å². The first-order chi connectivity index (χ1) is 25.1. The maximum Gasteiger partial charge on any atom is 0.536 e. The number of hydrogen-bond acceptors (Lipinski definition) is 16. The fraction of sp³-hybridized carbons (Fsp3) is 0.360. The molecule has 1 aliphatic carbocycles. The molecular formula is C25H28Cl2N3O20P5. The van der Waals surface area contributed by atoms with Gasteiger partial charge in [-0.1, -0.05) is 37.0 Å². The van der Waals surface area contributed by atoms with Crippen molar-refractivity contribution in [2.24, 2.45) is 4.99 Å². The van der Waals surface area contributed by atoms with Crippen LogP contribution < -0.4 is 15.8 Å². The molecule has 0 saturated carbocycles. The Morgan fingerprint density at radius 1 is 0.909 bits per heavy atom. The van der Waals surface area contributed by atoms with Crippen molar-refractivity contribution in [3.05, 3.63) is 78.1 Å². The number of Topliss-reactive ketones (excluding diaryl/α,β-unsaturated/α-hetero) is 1. The first kappa shape index (κ1) is 43.9. The molecule has 0 spiro atoms. The van der Waals surface area contributed by atoms with Gasteiger partial charge >= 0.3 is 44.8 Å². The van der Waals surface area contributed by atoms with Crippen LogP contribution in [-0.4, -0.2) is 58.2 Å². The number of allylic oxidation sites excluding steroid dienone is 4. The molecule has 0 radical (unpaired) electrons. The molecule has 1 fully saturated rings. The molecule has 0 amide bonds. The van der Waals surface area contributed by atoms with Crippen LogP contribution >= 0.6 is 62.3 Å². The fourth-order valence-corrected chi connectivity index (χ4v) is 12.5. The number of halogens is 2. The first-order valence-electron chi connectivity index (χ1n) is 15.0. The molecule has 23 nitrogen and oxygen atoms in total. The average molecular weight is 916 g/mol. The maximum absolute atomic E-state index is 12.7. The zero-order valence-electron chi connectivity index (χ0n) is 27.9. The third kappa shape index (κ3) is 10.5. The molecule has 2 aliphatic heterocycles. The summed E-state index contributed by atoms with van der Waals surface area (Å²) < 4.78 is 93.5. The minimum Gasteiger partial charge on any atom is -0.404 e. The molecule has 1 aromatic heterocycles. The summed E-state index contributed by atoms with van der Waals surface area (Å²) in [6.07, 6.45) is 0.837. The Bertz CT molecular complexity index is 2430. The molecule has 55 heavy (non-hydrogen) atoms. The second kappa shape index (κ2) is 15.5. The smallest absolute Gasteiger partial charge is 0.404 e. The second-order valence-corrected chi connectivity index (χ2v) is 20.7. The fourth-order valence-electron chi connectivity index (χ4n) is 5.44. The Balaban J connectivity index is 1.18. The Labute approximate surface area is 318 Å². The highest BCUT2D eigenvalue weighted by Crippen LogP contribution is 2.73. The number of aromatic amines is 1. The van der Waals surface area contributed by atoms with Crippen LogP contribution in [0.1, 0.15) is 44.0 Å². The third-order valence-electron chi connectivity index (χ3n) is 7.67. The van der Waals surface area contributed by atoms with Gasteiger partial charge in [0, 0.05) is 22.7 Å². The number of fused-ring (bicyclic) bond motifs is 2. The first-order valence-corrected chi connectivity index (χ1v) is 23.2. The van der Waals surface area contributed by atoms with Crippen LogP contribution in [0.4, 0.5) is 5.69 Å². The van der Waals surface area contributed by atoms with E-state index in [-0.39, 0.29) is 51.0 Å². The van der Waals surface area contributed by atoms with Gasteiger partial charge in [0.2, 0.25) is 5.78 Å². The van der Waals surface area contributed by atoms with E-state index >= 15 is 0 Å². The van der Waals surface area contributed by atoms with Crippen LogP contribution in [0, 0.1) is 6.92 Å². The van der Waals surface area contributed by atoms with Crippen molar-refractivity contribution >= 4 is 79.5 Å². The summed E-state index contributed by atoms with van der Waals surface area (Å²) in [5, 5.41) is -0.422. The lowest BCUT2D eigenvalue weighted by Crippen LogP contribution is -2.33. The molecule has 302 valence electrons. The number of hydrogen-bond donors (Lipinski definition) is 6.